The van der Waals surface area contributed by atoms with Crippen molar-refractivity contribution in [3.63, 3.8) is 0 Å². The minimum Gasteiger partial charge on any atom is -0.497 e. The molecule has 2 N–H and O–H groups in total. The van der Waals surface area contributed by atoms with Crippen LogP contribution in [0.1, 0.15) is 17.0 Å². The highest BCUT2D eigenvalue weighted by atomic mass is 16.5. The Bertz CT molecular complexity index is 1170. The Balaban J connectivity index is 1.48. The lowest BCUT2D eigenvalue weighted by Crippen LogP contribution is -2.32. The summed E-state index contributed by atoms with van der Waals surface area (Å²) in [4.78, 5) is 15.9. The van der Waals surface area contributed by atoms with E-state index in [-0.39, 0.29) is 18.4 Å². The lowest BCUT2D eigenvalue weighted by atomic mass is 9.91. The SMILES string of the molecule is COc1ccc(OCC(=O)NCC(c2ccc(OC)cc2)c2c[nH]c3ccccc23)cc1. The van der Waals surface area contributed by atoms with Crippen molar-refractivity contribution in [2.45, 2.75) is 5.92 Å². The van der Waals surface area contributed by atoms with Gasteiger partial charge >= 0.3 is 0 Å². The molecule has 32 heavy (non-hydrogen) atoms. The maximum atomic E-state index is 12.5. The van der Waals surface area contributed by atoms with Crippen LogP contribution in [-0.4, -0.2) is 38.3 Å². The number of fused-ring (bicyclic) bond motifs is 1. The summed E-state index contributed by atoms with van der Waals surface area (Å²) in [6.07, 6.45) is 2.01. The number of aromatic nitrogens is 1. The van der Waals surface area contributed by atoms with Crippen LogP contribution in [0, 0.1) is 0 Å². The van der Waals surface area contributed by atoms with Gasteiger partial charge in [-0.15, -0.1) is 0 Å². The van der Waals surface area contributed by atoms with Gasteiger partial charge in [0.05, 0.1) is 14.2 Å². The van der Waals surface area contributed by atoms with Gasteiger partial charge in [0, 0.05) is 29.6 Å². The highest BCUT2D eigenvalue weighted by Gasteiger charge is 2.19. The predicted octanol–water partition coefficient (Wildman–Crippen LogP) is 4.51. The number of aromatic amines is 1. The number of H-pyrrole nitrogens is 1. The molecule has 6 heteroatoms. The molecule has 0 fully saturated rings. The van der Waals surface area contributed by atoms with E-state index in [1.165, 1.54) is 0 Å². The molecule has 3 aromatic carbocycles. The highest BCUT2D eigenvalue weighted by molar-refractivity contribution is 5.84. The molecule has 0 radical (unpaired) electrons. The van der Waals surface area contributed by atoms with Gasteiger partial charge in [0.25, 0.3) is 5.91 Å². The third kappa shape index (κ3) is 4.86. The Kier molecular flexibility index (Phi) is 6.60. The smallest absolute Gasteiger partial charge is 0.257 e. The average Bonchev–Trinajstić information content (AvgIpc) is 3.27. The van der Waals surface area contributed by atoms with Gasteiger partial charge in [-0.05, 0) is 53.6 Å². The molecule has 1 unspecified atom stereocenters. The first kappa shape index (κ1) is 21.3. The molecular formula is C26H26N2O4. The average molecular weight is 431 g/mol. The van der Waals surface area contributed by atoms with Gasteiger partial charge in [-0.1, -0.05) is 30.3 Å². The Morgan fingerprint density at radius 2 is 1.50 bits per heavy atom. The van der Waals surface area contributed by atoms with Crippen LogP contribution in [0.3, 0.4) is 0 Å². The number of methoxy groups -OCH3 is 2. The predicted molar refractivity (Wildman–Crippen MR) is 125 cm³/mol. The summed E-state index contributed by atoms with van der Waals surface area (Å²) in [7, 11) is 3.26. The molecule has 0 saturated carbocycles. The van der Waals surface area contributed by atoms with E-state index in [1.807, 2.05) is 48.7 Å². The minimum absolute atomic E-state index is 0.0259. The molecule has 1 aromatic heterocycles. The van der Waals surface area contributed by atoms with E-state index in [0.29, 0.717) is 12.3 Å². The van der Waals surface area contributed by atoms with E-state index in [9.17, 15) is 4.79 Å². The van der Waals surface area contributed by atoms with Crippen LogP contribution in [0.15, 0.2) is 79.0 Å². The first-order valence-electron chi connectivity index (χ1n) is 10.4. The second kappa shape index (κ2) is 9.92. The van der Waals surface area contributed by atoms with Crippen molar-refractivity contribution < 1.29 is 19.0 Å². The zero-order valence-corrected chi connectivity index (χ0v) is 18.1. The first-order valence-corrected chi connectivity index (χ1v) is 10.4. The number of nitrogens with one attached hydrogen (secondary N) is 2. The van der Waals surface area contributed by atoms with E-state index >= 15 is 0 Å². The number of hydrogen-bond acceptors (Lipinski definition) is 4. The molecule has 1 atom stereocenters. The maximum absolute atomic E-state index is 12.5. The summed E-state index contributed by atoms with van der Waals surface area (Å²) in [5, 5.41) is 4.16. The lowest BCUT2D eigenvalue weighted by Gasteiger charge is -2.19. The number of amides is 1. The van der Waals surface area contributed by atoms with Crippen molar-refractivity contribution in [2.75, 3.05) is 27.4 Å². The Morgan fingerprint density at radius 3 is 2.19 bits per heavy atom. The molecule has 0 saturated heterocycles. The maximum Gasteiger partial charge on any atom is 0.257 e. The molecule has 4 rings (SSSR count). The van der Waals surface area contributed by atoms with E-state index in [0.717, 1.165) is 33.5 Å². The van der Waals surface area contributed by atoms with Crippen molar-refractivity contribution in [3.8, 4) is 17.2 Å². The van der Waals surface area contributed by atoms with Crippen LogP contribution in [0.4, 0.5) is 0 Å². The number of para-hydroxylation sites is 1. The summed E-state index contributed by atoms with van der Waals surface area (Å²) in [6.45, 7) is 0.383. The van der Waals surface area contributed by atoms with Crippen molar-refractivity contribution in [3.05, 3.63) is 90.1 Å². The van der Waals surface area contributed by atoms with Gasteiger partial charge in [0.1, 0.15) is 17.2 Å². The standard InChI is InChI=1S/C26H26N2O4/c1-30-19-9-7-18(8-10-19)23(24-16-27-25-6-4-3-5-22(24)25)15-28-26(29)17-32-21-13-11-20(31-2)12-14-21/h3-14,16,23,27H,15,17H2,1-2H3,(H,28,29). The van der Waals surface area contributed by atoms with E-state index in [1.54, 1.807) is 38.5 Å². The number of carbonyl (C=O) groups excluding carboxylic acids is 1. The largest absolute Gasteiger partial charge is 0.497 e. The fourth-order valence-electron chi connectivity index (χ4n) is 3.71. The summed E-state index contributed by atoms with van der Waals surface area (Å²) in [5.41, 5.74) is 3.28. The van der Waals surface area contributed by atoms with Crippen LogP contribution >= 0.6 is 0 Å². The highest BCUT2D eigenvalue weighted by Crippen LogP contribution is 2.31. The summed E-state index contributed by atoms with van der Waals surface area (Å²) in [6, 6.07) is 23.2. The van der Waals surface area contributed by atoms with E-state index < -0.39 is 0 Å². The molecule has 0 bridgehead atoms. The summed E-state index contributed by atoms with van der Waals surface area (Å²) in [5.74, 6) is 1.94. The van der Waals surface area contributed by atoms with E-state index in [2.05, 4.69) is 16.4 Å². The van der Waals surface area contributed by atoms with Crippen molar-refractivity contribution in [1.29, 1.82) is 0 Å². The molecule has 0 spiro atoms. The van der Waals surface area contributed by atoms with Gasteiger partial charge < -0.3 is 24.5 Å². The minimum atomic E-state index is -0.181. The van der Waals surface area contributed by atoms with Gasteiger partial charge in [-0.2, -0.15) is 0 Å². The van der Waals surface area contributed by atoms with Crippen molar-refractivity contribution in [1.82, 2.24) is 10.3 Å². The molecule has 1 amide bonds. The van der Waals surface area contributed by atoms with Gasteiger partial charge in [0.2, 0.25) is 0 Å². The topological polar surface area (TPSA) is 72.6 Å². The fourth-order valence-corrected chi connectivity index (χ4v) is 3.71. The molecule has 0 aliphatic heterocycles. The number of rotatable bonds is 9. The molecule has 0 aliphatic carbocycles. The van der Waals surface area contributed by atoms with Crippen LogP contribution in [0.25, 0.3) is 10.9 Å². The fraction of sp³-hybridized carbons (Fsp3) is 0.192. The summed E-state index contributed by atoms with van der Waals surface area (Å²) >= 11 is 0. The zero-order valence-electron chi connectivity index (χ0n) is 18.1. The number of hydrogen-bond donors (Lipinski definition) is 2. The zero-order chi connectivity index (χ0) is 22.3. The molecule has 4 aromatic rings. The third-order valence-corrected chi connectivity index (χ3v) is 5.45. The third-order valence-electron chi connectivity index (χ3n) is 5.45. The molecule has 6 nitrogen and oxygen atoms in total. The van der Waals surface area contributed by atoms with E-state index in [4.69, 9.17) is 14.2 Å². The molecule has 1 heterocycles. The van der Waals surface area contributed by atoms with Crippen LogP contribution in [0.5, 0.6) is 17.2 Å². The second-order valence-electron chi connectivity index (χ2n) is 7.38. The second-order valence-corrected chi connectivity index (χ2v) is 7.38. The number of ether oxygens (including phenoxy) is 3. The Hall–Kier alpha value is -3.93. The van der Waals surface area contributed by atoms with Crippen molar-refractivity contribution in [2.24, 2.45) is 0 Å². The van der Waals surface area contributed by atoms with Crippen LogP contribution < -0.4 is 19.5 Å². The van der Waals surface area contributed by atoms with Crippen LogP contribution in [0.2, 0.25) is 0 Å². The molecule has 164 valence electrons. The Labute approximate surface area is 187 Å². The van der Waals surface area contributed by atoms with Crippen LogP contribution in [-0.2, 0) is 4.79 Å². The Morgan fingerprint density at radius 1 is 0.875 bits per heavy atom. The molecular weight excluding hydrogens is 404 g/mol. The molecule has 0 aliphatic rings. The summed E-state index contributed by atoms with van der Waals surface area (Å²) < 4.78 is 16.0. The number of carbonyl (C=O) groups is 1. The van der Waals surface area contributed by atoms with Gasteiger partial charge in [0.15, 0.2) is 6.61 Å². The number of benzene rings is 3. The lowest BCUT2D eigenvalue weighted by molar-refractivity contribution is -0.123. The van der Waals surface area contributed by atoms with Crippen molar-refractivity contribution >= 4 is 16.8 Å². The normalized spacial score (nSPS) is 11.7. The quantitative estimate of drug-likeness (QED) is 0.410. The first-order chi connectivity index (χ1) is 15.7. The van der Waals surface area contributed by atoms with Gasteiger partial charge in [-0.3, -0.25) is 4.79 Å². The monoisotopic (exact) mass is 430 g/mol. The van der Waals surface area contributed by atoms with Gasteiger partial charge in [-0.25, -0.2) is 0 Å².